The molecule has 1 aliphatic rings. The number of hydrogen-bond donors (Lipinski definition) is 2. The Balaban J connectivity index is 2.62. The van der Waals surface area contributed by atoms with Crippen LogP contribution in [0.4, 0.5) is 11.5 Å². The van der Waals surface area contributed by atoms with Crippen LogP contribution in [0.15, 0.2) is 9.59 Å². The monoisotopic (exact) mass is 210 g/mol. The lowest BCUT2D eigenvalue weighted by molar-refractivity contribution is 0.554. The summed E-state index contributed by atoms with van der Waals surface area (Å²) in [6.45, 7) is 0.454. The molecule has 15 heavy (non-hydrogen) atoms. The van der Waals surface area contributed by atoms with Crippen molar-refractivity contribution in [3.05, 3.63) is 20.8 Å². The fourth-order valence-electron chi connectivity index (χ4n) is 1.53. The molecule has 0 bridgehead atoms. The number of nitrogens with two attached hydrogens (primary N) is 2. The predicted molar refractivity (Wildman–Crippen MR) is 57.5 cm³/mol. The van der Waals surface area contributed by atoms with E-state index in [0.29, 0.717) is 12.5 Å². The maximum Gasteiger partial charge on any atom is 0.332 e. The van der Waals surface area contributed by atoms with E-state index in [4.69, 9.17) is 11.5 Å². The largest absolute Gasteiger partial charge is 0.391 e. The Bertz CT molecular complexity index is 473. The van der Waals surface area contributed by atoms with Crippen molar-refractivity contribution >= 4 is 11.5 Å². The Morgan fingerprint density at radius 2 is 1.93 bits per heavy atom. The zero-order chi connectivity index (χ0) is 11.2. The number of rotatable bonds is 2. The van der Waals surface area contributed by atoms with Crippen molar-refractivity contribution < 1.29 is 0 Å². The van der Waals surface area contributed by atoms with Crippen molar-refractivity contribution in [2.24, 2.45) is 13.0 Å². The normalized spacial score (nSPS) is 15.5. The Morgan fingerprint density at radius 1 is 1.33 bits per heavy atom. The second kappa shape index (κ2) is 3.15. The van der Waals surface area contributed by atoms with E-state index in [2.05, 4.69) is 0 Å². The van der Waals surface area contributed by atoms with Gasteiger partial charge in [0, 0.05) is 13.6 Å². The van der Waals surface area contributed by atoms with Crippen LogP contribution in [0, 0.1) is 5.92 Å². The summed E-state index contributed by atoms with van der Waals surface area (Å²) in [5, 5.41) is 0. The standard InChI is InChI=1S/C9H14N4O2/c1-12-7(11)6(10)8(14)13(9(12)15)4-5-2-3-5/h5H,2-4,10-11H2,1H3. The summed E-state index contributed by atoms with van der Waals surface area (Å²) in [5.41, 5.74) is 10.2. The highest BCUT2D eigenvalue weighted by molar-refractivity contribution is 5.56. The van der Waals surface area contributed by atoms with E-state index in [1.54, 1.807) is 0 Å². The third-order valence-corrected chi connectivity index (χ3v) is 2.77. The lowest BCUT2D eigenvalue weighted by Gasteiger charge is -2.10. The molecule has 0 saturated heterocycles. The van der Waals surface area contributed by atoms with Gasteiger partial charge in [-0.2, -0.15) is 0 Å². The molecule has 1 heterocycles. The number of aromatic nitrogens is 2. The van der Waals surface area contributed by atoms with Crippen molar-refractivity contribution in [2.45, 2.75) is 19.4 Å². The van der Waals surface area contributed by atoms with Crippen LogP contribution in [0.3, 0.4) is 0 Å². The minimum absolute atomic E-state index is 0.0389. The van der Waals surface area contributed by atoms with Gasteiger partial charge in [0.1, 0.15) is 11.5 Å². The quantitative estimate of drug-likeness (QED) is 0.662. The fourth-order valence-corrected chi connectivity index (χ4v) is 1.53. The first-order chi connectivity index (χ1) is 7.02. The summed E-state index contributed by atoms with van der Waals surface area (Å²) < 4.78 is 2.38. The molecule has 1 aliphatic carbocycles. The molecule has 0 aliphatic heterocycles. The van der Waals surface area contributed by atoms with Crippen molar-refractivity contribution in [2.75, 3.05) is 11.5 Å². The minimum atomic E-state index is -0.470. The van der Waals surface area contributed by atoms with Crippen molar-refractivity contribution in [1.82, 2.24) is 9.13 Å². The summed E-state index contributed by atoms with van der Waals surface area (Å²) in [5.74, 6) is 0.482. The van der Waals surface area contributed by atoms with Crippen LogP contribution in [-0.4, -0.2) is 9.13 Å². The van der Waals surface area contributed by atoms with Gasteiger partial charge in [-0.1, -0.05) is 0 Å². The topological polar surface area (TPSA) is 96.0 Å². The van der Waals surface area contributed by atoms with Crippen molar-refractivity contribution in [3.8, 4) is 0 Å². The summed E-state index contributed by atoms with van der Waals surface area (Å²) in [7, 11) is 1.51. The molecular weight excluding hydrogens is 196 g/mol. The summed E-state index contributed by atoms with van der Waals surface area (Å²) in [6, 6.07) is 0. The molecule has 0 aromatic carbocycles. The SMILES string of the molecule is Cn1c(N)c(N)c(=O)n(CC2CC2)c1=O. The molecular formula is C9H14N4O2. The molecule has 4 N–H and O–H groups in total. The molecule has 0 radical (unpaired) electrons. The smallest absolute Gasteiger partial charge is 0.332 e. The van der Waals surface area contributed by atoms with Crippen LogP contribution < -0.4 is 22.7 Å². The first-order valence-corrected chi connectivity index (χ1v) is 4.87. The molecule has 0 amide bonds. The Hall–Kier alpha value is -1.72. The zero-order valence-corrected chi connectivity index (χ0v) is 8.56. The molecule has 2 rings (SSSR count). The second-order valence-electron chi connectivity index (χ2n) is 4.00. The number of hydrogen-bond acceptors (Lipinski definition) is 4. The predicted octanol–water partition coefficient (Wildman–Crippen LogP) is -0.879. The van der Waals surface area contributed by atoms with E-state index >= 15 is 0 Å². The van der Waals surface area contributed by atoms with E-state index in [1.165, 1.54) is 16.2 Å². The van der Waals surface area contributed by atoms with Gasteiger partial charge in [0.2, 0.25) is 0 Å². The lowest BCUT2D eigenvalue weighted by atomic mass is 10.4. The molecule has 82 valence electrons. The molecule has 0 atom stereocenters. The maximum absolute atomic E-state index is 11.7. The van der Waals surface area contributed by atoms with E-state index in [-0.39, 0.29) is 11.5 Å². The third-order valence-electron chi connectivity index (χ3n) is 2.77. The van der Waals surface area contributed by atoms with Gasteiger partial charge in [-0.05, 0) is 18.8 Å². The van der Waals surface area contributed by atoms with Gasteiger partial charge in [-0.3, -0.25) is 13.9 Å². The van der Waals surface area contributed by atoms with Gasteiger partial charge < -0.3 is 11.5 Å². The van der Waals surface area contributed by atoms with Crippen LogP contribution in [-0.2, 0) is 13.6 Å². The van der Waals surface area contributed by atoms with Crippen molar-refractivity contribution in [3.63, 3.8) is 0 Å². The maximum atomic E-state index is 11.7. The second-order valence-corrected chi connectivity index (χ2v) is 4.00. The Morgan fingerprint density at radius 3 is 2.47 bits per heavy atom. The Labute approximate surface area is 86.1 Å². The third kappa shape index (κ3) is 1.51. The molecule has 6 heteroatoms. The number of nitrogen functional groups attached to an aromatic ring is 2. The molecule has 1 fully saturated rings. The van der Waals surface area contributed by atoms with Crippen LogP contribution in [0.2, 0.25) is 0 Å². The average molecular weight is 210 g/mol. The van der Waals surface area contributed by atoms with Gasteiger partial charge >= 0.3 is 5.69 Å². The zero-order valence-electron chi connectivity index (χ0n) is 8.56. The number of anilines is 2. The molecule has 0 unspecified atom stereocenters. The molecule has 1 aromatic heterocycles. The number of nitrogens with zero attached hydrogens (tertiary/aromatic N) is 2. The highest BCUT2D eigenvalue weighted by atomic mass is 16.2. The van der Waals surface area contributed by atoms with E-state index in [0.717, 1.165) is 12.8 Å². The van der Waals surface area contributed by atoms with E-state index in [9.17, 15) is 9.59 Å². The van der Waals surface area contributed by atoms with E-state index in [1.807, 2.05) is 0 Å². The lowest BCUT2D eigenvalue weighted by Crippen LogP contribution is -2.41. The van der Waals surface area contributed by atoms with Gasteiger partial charge in [-0.15, -0.1) is 0 Å². The fraction of sp³-hybridized carbons (Fsp3) is 0.556. The molecule has 0 spiro atoms. The molecule has 6 nitrogen and oxygen atoms in total. The van der Waals surface area contributed by atoms with Gasteiger partial charge in [0.05, 0.1) is 0 Å². The van der Waals surface area contributed by atoms with E-state index < -0.39 is 11.2 Å². The highest BCUT2D eigenvalue weighted by Crippen LogP contribution is 2.29. The van der Waals surface area contributed by atoms with Crippen LogP contribution >= 0.6 is 0 Å². The average Bonchev–Trinajstić information content (AvgIpc) is 3.02. The van der Waals surface area contributed by atoms with Crippen LogP contribution in [0.1, 0.15) is 12.8 Å². The van der Waals surface area contributed by atoms with Crippen molar-refractivity contribution in [1.29, 1.82) is 0 Å². The first-order valence-electron chi connectivity index (χ1n) is 4.87. The van der Waals surface area contributed by atoms with Crippen LogP contribution in [0.25, 0.3) is 0 Å². The van der Waals surface area contributed by atoms with Gasteiger partial charge in [-0.25, -0.2) is 4.79 Å². The highest BCUT2D eigenvalue weighted by Gasteiger charge is 2.24. The summed E-state index contributed by atoms with van der Waals surface area (Å²) >= 11 is 0. The summed E-state index contributed by atoms with van der Waals surface area (Å²) in [6.07, 6.45) is 2.14. The van der Waals surface area contributed by atoms with Gasteiger partial charge in [0.25, 0.3) is 5.56 Å². The molecule has 1 saturated carbocycles. The minimum Gasteiger partial charge on any atom is -0.391 e. The first kappa shape index (κ1) is 9.82. The van der Waals surface area contributed by atoms with Crippen LogP contribution in [0.5, 0.6) is 0 Å². The summed E-state index contributed by atoms with van der Waals surface area (Å²) in [4.78, 5) is 23.4. The molecule has 1 aromatic rings. The van der Waals surface area contributed by atoms with Gasteiger partial charge in [0.15, 0.2) is 0 Å². The Kier molecular flexibility index (Phi) is 2.06.